The molecule has 0 aliphatic heterocycles. The predicted molar refractivity (Wildman–Crippen MR) is 161 cm³/mol. The van der Waals surface area contributed by atoms with Crippen molar-refractivity contribution < 1.29 is 14.5 Å². The number of hydrogen-bond donors (Lipinski definition) is 1. The number of rotatable bonds is 11. The number of non-ortho nitro benzene ring substituents is 1. The molecule has 0 aliphatic carbocycles. The third-order valence-electron chi connectivity index (χ3n) is 7.03. The molecule has 0 heterocycles. The Morgan fingerprint density at radius 1 is 0.821 bits per heavy atom. The predicted octanol–water partition coefficient (Wildman–Crippen LogP) is 9.08. The minimum absolute atomic E-state index is 0.0173. The highest BCUT2D eigenvalue weighted by Crippen LogP contribution is 2.41. The Bertz CT molecular complexity index is 1260. The van der Waals surface area contributed by atoms with Crippen LogP contribution in [0.1, 0.15) is 94.5 Å². The number of nitrogens with zero attached hydrogens (tertiary/aromatic N) is 1. The Kier molecular flexibility index (Phi) is 10.2. The summed E-state index contributed by atoms with van der Waals surface area (Å²) in [5, 5.41) is 14.8. The molecule has 0 unspecified atom stereocenters. The number of anilines is 1. The van der Waals surface area contributed by atoms with Crippen LogP contribution in [0.25, 0.3) is 0 Å². The highest BCUT2D eigenvalue weighted by Gasteiger charge is 2.29. The molecule has 0 bridgehead atoms. The van der Waals surface area contributed by atoms with Crippen LogP contribution in [0.2, 0.25) is 0 Å². The molecule has 0 fully saturated rings. The monoisotopic (exact) mass is 548 g/mol. The van der Waals surface area contributed by atoms with Gasteiger partial charge < -0.3 is 10.1 Å². The van der Waals surface area contributed by atoms with E-state index in [1.807, 2.05) is 31.2 Å². The lowest BCUT2D eigenvalue weighted by molar-refractivity contribution is -0.384. The van der Waals surface area contributed by atoms with Crippen molar-refractivity contribution in [1.82, 2.24) is 0 Å². The second-order valence-electron chi connectivity index (χ2n) is 10.9. The lowest BCUT2D eigenvalue weighted by Crippen LogP contribution is -2.24. The number of nitro groups is 1. The molecule has 3 aromatic rings. The zero-order chi connectivity index (χ0) is 28.9. The number of carbonyl (C=O) groups excluding carboxylic acids is 1. The Balaban J connectivity index is 2.01. The van der Waals surface area contributed by atoms with Crippen LogP contribution in [-0.2, 0) is 4.79 Å². The fourth-order valence-corrected chi connectivity index (χ4v) is 5.85. The van der Waals surface area contributed by atoms with Gasteiger partial charge in [-0.15, -0.1) is 0 Å². The minimum atomic E-state index is -0.427. The first-order valence-electron chi connectivity index (χ1n) is 13.5. The highest BCUT2D eigenvalue weighted by atomic mass is 32.2. The molecule has 0 spiro atoms. The standard InChI is InChI=1S/C32H40N2O4S/c1-19(2)24-17-28(20(3)4)31(29(18-24)21(5)6)39-32(35)22(7)30(23-9-13-26(14-10-23)34(36)37)33-25-11-15-27(38-8)16-12-25/h9-22,30,33H,1-8H3/t22-,30+/m1/s1. The van der Waals surface area contributed by atoms with Crippen LogP contribution in [0.4, 0.5) is 11.4 Å². The molecule has 6 nitrogen and oxygen atoms in total. The van der Waals surface area contributed by atoms with Crippen molar-refractivity contribution in [2.45, 2.75) is 77.2 Å². The fourth-order valence-electron chi connectivity index (χ4n) is 4.50. The summed E-state index contributed by atoms with van der Waals surface area (Å²) in [6.45, 7) is 15.0. The molecule has 208 valence electrons. The maximum atomic E-state index is 14.0. The van der Waals surface area contributed by atoms with E-state index in [0.717, 1.165) is 21.9 Å². The first-order valence-corrected chi connectivity index (χ1v) is 14.3. The Morgan fingerprint density at radius 2 is 1.36 bits per heavy atom. The summed E-state index contributed by atoms with van der Waals surface area (Å²) in [5.41, 5.74) is 5.34. The number of benzene rings is 3. The third kappa shape index (κ3) is 7.41. The van der Waals surface area contributed by atoms with Gasteiger partial charge in [0, 0.05) is 22.7 Å². The molecule has 39 heavy (non-hydrogen) atoms. The molecular formula is C32H40N2O4S. The van der Waals surface area contributed by atoms with Crippen molar-refractivity contribution >= 4 is 28.3 Å². The summed E-state index contributed by atoms with van der Waals surface area (Å²) in [6, 6.07) is 18.1. The first-order chi connectivity index (χ1) is 18.4. The van der Waals surface area contributed by atoms with Crippen LogP contribution in [0.3, 0.4) is 0 Å². The number of hydrogen-bond acceptors (Lipinski definition) is 6. The van der Waals surface area contributed by atoms with E-state index in [9.17, 15) is 14.9 Å². The van der Waals surface area contributed by atoms with Crippen molar-refractivity contribution in [3.63, 3.8) is 0 Å². The fraction of sp³-hybridized carbons (Fsp3) is 0.406. The van der Waals surface area contributed by atoms with E-state index in [0.29, 0.717) is 5.92 Å². The van der Waals surface area contributed by atoms with Gasteiger partial charge in [-0.25, -0.2) is 0 Å². The molecular weight excluding hydrogens is 508 g/mol. The number of nitrogens with one attached hydrogen (secondary N) is 1. The first kappa shape index (κ1) is 30.2. The van der Waals surface area contributed by atoms with Crippen molar-refractivity contribution in [3.05, 3.63) is 93.0 Å². The second-order valence-corrected chi connectivity index (χ2v) is 11.9. The summed E-state index contributed by atoms with van der Waals surface area (Å²) < 4.78 is 5.28. The molecule has 7 heteroatoms. The molecule has 0 aromatic heterocycles. The Morgan fingerprint density at radius 3 is 1.79 bits per heavy atom. The van der Waals surface area contributed by atoms with Crippen LogP contribution in [0.5, 0.6) is 5.75 Å². The van der Waals surface area contributed by atoms with E-state index >= 15 is 0 Å². The van der Waals surface area contributed by atoms with Gasteiger partial charge in [0.2, 0.25) is 0 Å². The van der Waals surface area contributed by atoms with E-state index < -0.39 is 10.8 Å². The molecule has 0 saturated carbocycles. The molecule has 3 rings (SSSR count). The molecule has 0 radical (unpaired) electrons. The quantitative estimate of drug-likeness (QED) is 0.146. The van der Waals surface area contributed by atoms with Crippen LogP contribution < -0.4 is 10.1 Å². The zero-order valence-electron chi connectivity index (χ0n) is 24.1. The van der Waals surface area contributed by atoms with Gasteiger partial charge in [-0.05, 0) is 64.3 Å². The van der Waals surface area contributed by atoms with Gasteiger partial charge in [0.15, 0.2) is 5.12 Å². The van der Waals surface area contributed by atoms with Gasteiger partial charge in [0.25, 0.3) is 5.69 Å². The lowest BCUT2D eigenvalue weighted by atomic mass is 9.89. The summed E-state index contributed by atoms with van der Waals surface area (Å²) in [6.07, 6.45) is 0. The van der Waals surface area contributed by atoms with Gasteiger partial charge in [0.05, 0.1) is 24.0 Å². The zero-order valence-corrected chi connectivity index (χ0v) is 25.0. The second kappa shape index (κ2) is 13.2. The van der Waals surface area contributed by atoms with Crippen LogP contribution in [0.15, 0.2) is 65.6 Å². The van der Waals surface area contributed by atoms with Gasteiger partial charge in [-0.1, -0.05) is 84.5 Å². The summed E-state index contributed by atoms with van der Waals surface area (Å²) in [4.78, 5) is 25.8. The Labute approximate surface area is 236 Å². The third-order valence-corrected chi connectivity index (χ3v) is 8.28. The SMILES string of the molecule is COc1ccc(N[C@H](c2ccc([N+](=O)[O-])cc2)[C@@H](C)C(=O)Sc2c(C(C)C)cc(C(C)C)cc2C(C)C)cc1. The normalized spacial score (nSPS) is 13.0. The topological polar surface area (TPSA) is 81.5 Å². The van der Waals surface area contributed by atoms with Crippen molar-refractivity contribution in [1.29, 1.82) is 0 Å². The molecule has 3 aromatic carbocycles. The van der Waals surface area contributed by atoms with Gasteiger partial charge in [-0.3, -0.25) is 14.9 Å². The summed E-state index contributed by atoms with van der Waals surface area (Å²) >= 11 is 1.32. The maximum Gasteiger partial charge on any atom is 0.269 e. The summed E-state index contributed by atoms with van der Waals surface area (Å²) in [7, 11) is 1.62. The van der Waals surface area contributed by atoms with Crippen molar-refractivity contribution in [2.75, 3.05) is 12.4 Å². The van der Waals surface area contributed by atoms with Crippen LogP contribution >= 0.6 is 11.8 Å². The molecule has 0 amide bonds. The van der Waals surface area contributed by atoms with Crippen molar-refractivity contribution in [3.8, 4) is 5.75 Å². The molecule has 0 aliphatic rings. The number of ether oxygens (including phenoxy) is 1. The lowest BCUT2D eigenvalue weighted by Gasteiger charge is -2.27. The number of methoxy groups -OCH3 is 1. The van der Waals surface area contributed by atoms with E-state index in [1.54, 1.807) is 19.2 Å². The van der Waals surface area contributed by atoms with Crippen LogP contribution in [-0.4, -0.2) is 17.1 Å². The van der Waals surface area contributed by atoms with E-state index in [4.69, 9.17) is 4.74 Å². The van der Waals surface area contributed by atoms with Gasteiger partial charge in [-0.2, -0.15) is 0 Å². The Hall–Kier alpha value is -3.32. The molecule has 1 N–H and O–H groups in total. The van der Waals surface area contributed by atoms with Gasteiger partial charge >= 0.3 is 0 Å². The summed E-state index contributed by atoms with van der Waals surface area (Å²) in [5.74, 6) is 1.25. The molecule has 0 saturated heterocycles. The highest BCUT2D eigenvalue weighted by molar-refractivity contribution is 8.13. The maximum absolute atomic E-state index is 14.0. The average Bonchev–Trinajstić information content (AvgIpc) is 2.91. The van der Waals surface area contributed by atoms with Gasteiger partial charge in [0.1, 0.15) is 5.75 Å². The van der Waals surface area contributed by atoms with E-state index in [2.05, 4.69) is 59.0 Å². The smallest absolute Gasteiger partial charge is 0.269 e. The molecule has 2 atom stereocenters. The van der Waals surface area contributed by atoms with E-state index in [-0.39, 0.29) is 28.7 Å². The number of carbonyl (C=O) groups is 1. The van der Waals surface area contributed by atoms with Crippen LogP contribution in [0, 0.1) is 16.0 Å². The number of nitro benzene ring substituents is 1. The minimum Gasteiger partial charge on any atom is -0.497 e. The number of thioether (sulfide) groups is 1. The largest absolute Gasteiger partial charge is 0.497 e. The van der Waals surface area contributed by atoms with E-state index in [1.165, 1.54) is 40.6 Å². The van der Waals surface area contributed by atoms with Crippen molar-refractivity contribution in [2.24, 2.45) is 5.92 Å². The average molecular weight is 549 g/mol.